The Bertz CT molecular complexity index is 3770. The van der Waals surface area contributed by atoms with E-state index in [2.05, 4.69) is 241 Å². The van der Waals surface area contributed by atoms with Gasteiger partial charge in [-0.2, -0.15) is 0 Å². The van der Waals surface area contributed by atoms with Crippen molar-refractivity contribution in [1.29, 1.82) is 0 Å². The molecule has 4 nitrogen and oxygen atoms in total. The molecule has 4 heteroatoms. The lowest BCUT2D eigenvalue weighted by atomic mass is 9.84. The van der Waals surface area contributed by atoms with Gasteiger partial charge in [-0.25, -0.2) is 9.97 Å². The summed E-state index contributed by atoms with van der Waals surface area (Å²) in [7, 11) is 0. The van der Waals surface area contributed by atoms with E-state index in [1.165, 1.54) is 71.6 Å². The molecular formula is C64H50N4. The molecule has 0 aliphatic rings. The molecule has 0 aliphatic carbocycles. The van der Waals surface area contributed by atoms with Crippen LogP contribution in [0.5, 0.6) is 0 Å². The lowest BCUT2D eigenvalue weighted by Gasteiger charge is -2.19. The minimum absolute atomic E-state index is 0.915. The van der Waals surface area contributed by atoms with E-state index < -0.39 is 0 Å². The van der Waals surface area contributed by atoms with Gasteiger partial charge in [0.05, 0.1) is 22.1 Å². The highest BCUT2D eigenvalue weighted by atomic mass is 15.1. The molecule has 0 aliphatic heterocycles. The minimum Gasteiger partial charge on any atom is -0.324 e. The van der Waals surface area contributed by atoms with E-state index in [0.29, 0.717) is 0 Å². The normalized spacial score (nSPS) is 11.6. The smallest absolute Gasteiger partial charge is 0.141 e. The predicted octanol–water partition coefficient (Wildman–Crippen LogP) is 17.2. The Morgan fingerprint density at radius 1 is 0.294 bits per heavy atom. The highest BCUT2D eigenvalue weighted by Gasteiger charge is 2.20. The second-order valence-electron chi connectivity index (χ2n) is 17.9. The van der Waals surface area contributed by atoms with Gasteiger partial charge in [-0.15, -0.1) is 0 Å². The van der Waals surface area contributed by atoms with Crippen molar-refractivity contribution < 1.29 is 0 Å². The molecule has 0 spiro atoms. The van der Waals surface area contributed by atoms with E-state index >= 15 is 0 Å². The van der Waals surface area contributed by atoms with Crippen molar-refractivity contribution >= 4 is 43.6 Å². The summed E-state index contributed by atoms with van der Waals surface area (Å²) in [5.74, 6) is 2.04. The average Bonchev–Trinajstić information content (AvgIpc) is 3.96. The first-order valence-corrected chi connectivity index (χ1v) is 24.0. The van der Waals surface area contributed by atoms with Crippen molar-refractivity contribution in [2.45, 2.75) is 39.8 Å². The number of benzene rings is 10. The van der Waals surface area contributed by atoms with Gasteiger partial charge in [0.2, 0.25) is 0 Å². The van der Waals surface area contributed by atoms with Gasteiger partial charge < -0.3 is 9.13 Å². The Hall–Kier alpha value is -8.34. The van der Waals surface area contributed by atoms with E-state index in [4.69, 9.17) is 9.97 Å². The number of aryl methyl sites for hydroxylation is 2. The van der Waals surface area contributed by atoms with Gasteiger partial charge in [-0.05, 0) is 126 Å². The quantitative estimate of drug-likeness (QED) is 0.121. The summed E-state index contributed by atoms with van der Waals surface area (Å²) in [6.07, 6.45) is 2.08. The monoisotopic (exact) mass is 874 g/mol. The zero-order chi connectivity index (χ0) is 45.6. The molecule has 0 atom stereocenters. The van der Waals surface area contributed by atoms with Crippen molar-refractivity contribution in [3.63, 3.8) is 0 Å². The Morgan fingerprint density at radius 3 is 1.01 bits per heavy atom. The van der Waals surface area contributed by atoms with E-state index in [0.717, 1.165) is 76.4 Å². The molecule has 0 N–H and O–H groups in total. The first-order valence-electron chi connectivity index (χ1n) is 24.0. The lowest BCUT2D eigenvalue weighted by Crippen LogP contribution is -1.99. The van der Waals surface area contributed by atoms with Gasteiger partial charge in [0.1, 0.15) is 11.6 Å². The van der Waals surface area contributed by atoms with Crippen molar-refractivity contribution in [2.75, 3.05) is 0 Å². The van der Waals surface area contributed by atoms with Crippen LogP contribution in [0.1, 0.15) is 26.7 Å². The summed E-state index contributed by atoms with van der Waals surface area (Å²) in [4.78, 5) is 10.4. The fourth-order valence-corrected chi connectivity index (χ4v) is 10.4. The Labute approximate surface area is 397 Å². The zero-order valence-corrected chi connectivity index (χ0v) is 38.4. The van der Waals surface area contributed by atoms with Crippen LogP contribution in [0.3, 0.4) is 0 Å². The molecule has 0 fully saturated rings. The third kappa shape index (κ3) is 7.26. The SMILES string of the molecule is CCCn1c(-c2ccccc2)nc2cc(-c3ccc(-c4ccc5c(-c6ccccc6)c6cc(-c7ccc8c(c7)nc(-c7ccccc7)n8CCC)ccc6c(-c6ccccc6)c5c4)cc3)ccc21. The molecule has 12 aromatic rings. The van der Waals surface area contributed by atoms with Crippen molar-refractivity contribution in [3.05, 3.63) is 218 Å². The molecule has 2 heterocycles. The van der Waals surface area contributed by atoms with Gasteiger partial charge in [0, 0.05) is 24.2 Å². The standard InChI is InChI=1S/C64H50N4/c1-3-37-67-59-35-31-51(41-57(59)65-63(67)47-21-13-7-14-22-47)44-27-25-43(26-28-44)49-29-33-53-55(39-49)61(45-17-9-5-10-18-45)54-34-30-50(40-56(54)62(53)46-19-11-6-12-20-46)52-32-36-60-58(42-52)66-64(68(60)38-4-2)48-23-15-8-16-24-48/h5-36,39-42H,3-4,37-38H2,1-2H3. The third-order valence-corrected chi connectivity index (χ3v) is 13.6. The summed E-state index contributed by atoms with van der Waals surface area (Å²) in [6.45, 7) is 6.30. The molecule has 0 saturated carbocycles. The van der Waals surface area contributed by atoms with Crippen LogP contribution < -0.4 is 0 Å². The van der Waals surface area contributed by atoms with E-state index in [-0.39, 0.29) is 0 Å². The molecule has 2 aromatic heterocycles. The summed E-state index contributed by atoms with van der Waals surface area (Å²) >= 11 is 0. The number of imidazole rings is 2. The number of fused-ring (bicyclic) bond motifs is 4. The maximum absolute atomic E-state index is 5.25. The second-order valence-corrected chi connectivity index (χ2v) is 17.9. The number of aromatic nitrogens is 4. The van der Waals surface area contributed by atoms with E-state index in [1.54, 1.807) is 0 Å². The molecule has 10 aromatic carbocycles. The zero-order valence-electron chi connectivity index (χ0n) is 38.4. The summed E-state index contributed by atoms with van der Waals surface area (Å²) in [6, 6.07) is 79.6. The fourth-order valence-electron chi connectivity index (χ4n) is 10.4. The van der Waals surface area contributed by atoms with Crippen molar-refractivity contribution in [1.82, 2.24) is 19.1 Å². The van der Waals surface area contributed by atoms with E-state index in [1.807, 2.05) is 0 Å². The van der Waals surface area contributed by atoms with Crippen LogP contribution in [0.4, 0.5) is 0 Å². The maximum Gasteiger partial charge on any atom is 0.141 e. The molecule has 0 amide bonds. The van der Waals surface area contributed by atoms with Crippen LogP contribution in [0.2, 0.25) is 0 Å². The molecule has 0 radical (unpaired) electrons. The van der Waals surface area contributed by atoms with Crippen LogP contribution in [0, 0.1) is 0 Å². The Morgan fingerprint density at radius 2 is 0.618 bits per heavy atom. The predicted molar refractivity (Wildman–Crippen MR) is 287 cm³/mol. The largest absolute Gasteiger partial charge is 0.324 e. The molecule has 0 saturated heterocycles. The average molecular weight is 875 g/mol. The fraction of sp³-hybridized carbons (Fsp3) is 0.0938. The Balaban J connectivity index is 0.980. The topological polar surface area (TPSA) is 35.6 Å². The number of hydrogen-bond donors (Lipinski definition) is 0. The minimum atomic E-state index is 0.915. The molecule has 12 rings (SSSR count). The lowest BCUT2D eigenvalue weighted by molar-refractivity contribution is 0.704. The molecule has 326 valence electrons. The number of rotatable bonds is 11. The molecule has 0 bridgehead atoms. The van der Waals surface area contributed by atoms with Crippen LogP contribution in [0.15, 0.2) is 218 Å². The maximum atomic E-state index is 5.25. The molecule has 68 heavy (non-hydrogen) atoms. The third-order valence-electron chi connectivity index (χ3n) is 13.6. The highest BCUT2D eigenvalue weighted by molar-refractivity contribution is 6.22. The van der Waals surface area contributed by atoms with E-state index in [9.17, 15) is 0 Å². The van der Waals surface area contributed by atoms with Gasteiger partial charge in [0.15, 0.2) is 0 Å². The first kappa shape index (κ1) is 41.1. The van der Waals surface area contributed by atoms with Crippen molar-refractivity contribution in [3.8, 4) is 78.4 Å². The molecular weight excluding hydrogens is 825 g/mol. The van der Waals surface area contributed by atoms with Gasteiger partial charge in [-0.1, -0.05) is 196 Å². The van der Waals surface area contributed by atoms with Gasteiger partial charge >= 0.3 is 0 Å². The molecule has 0 unspecified atom stereocenters. The van der Waals surface area contributed by atoms with Gasteiger partial charge in [-0.3, -0.25) is 0 Å². The second kappa shape index (κ2) is 17.5. The van der Waals surface area contributed by atoms with Crippen molar-refractivity contribution in [2.24, 2.45) is 0 Å². The number of nitrogens with zero attached hydrogens (tertiary/aromatic N) is 4. The van der Waals surface area contributed by atoms with Crippen LogP contribution in [-0.4, -0.2) is 19.1 Å². The highest BCUT2D eigenvalue weighted by Crippen LogP contribution is 2.46. The van der Waals surface area contributed by atoms with Crippen LogP contribution in [0.25, 0.3) is 122 Å². The van der Waals surface area contributed by atoms with Gasteiger partial charge in [0.25, 0.3) is 0 Å². The summed E-state index contributed by atoms with van der Waals surface area (Å²) < 4.78 is 4.73. The number of hydrogen-bond acceptors (Lipinski definition) is 2. The summed E-state index contributed by atoms with van der Waals surface area (Å²) in [5.41, 5.74) is 18.6. The van der Waals surface area contributed by atoms with Crippen LogP contribution >= 0.6 is 0 Å². The summed E-state index contributed by atoms with van der Waals surface area (Å²) in [5, 5.41) is 4.92. The van der Waals surface area contributed by atoms with Crippen LogP contribution in [-0.2, 0) is 13.1 Å². The Kier molecular flexibility index (Phi) is 10.6. The first-order chi connectivity index (χ1) is 33.6.